The number of rotatable bonds is 8. The summed E-state index contributed by atoms with van der Waals surface area (Å²) in [6, 6.07) is 15.3. The first-order valence-electron chi connectivity index (χ1n) is 8.89. The molecule has 0 heterocycles. The van der Waals surface area contributed by atoms with Gasteiger partial charge in [0.25, 0.3) is 5.69 Å². The van der Waals surface area contributed by atoms with Crippen molar-refractivity contribution in [3.05, 3.63) is 100 Å². The Bertz CT molecular complexity index is 1080. The van der Waals surface area contributed by atoms with E-state index in [0.717, 1.165) is 25.6 Å². The highest BCUT2D eigenvalue weighted by atomic mass is 79.9. The molecule has 31 heavy (non-hydrogen) atoms. The minimum Gasteiger partial charge on any atom is -0.487 e. The van der Waals surface area contributed by atoms with Gasteiger partial charge in [-0.3, -0.25) is 10.1 Å². The molecule has 0 radical (unpaired) electrons. The number of ether oxygens (including phenoxy) is 1. The predicted molar refractivity (Wildman–Crippen MR) is 130 cm³/mol. The van der Waals surface area contributed by atoms with E-state index in [1.54, 1.807) is 36.5 Å². The molecule has 0 aliphatic rings. The third-order valence-electron chi connectivity index (χ3n) is 4.17. The van der Waals surface area contributed by atoms with Crippen molar-refractivity contribution < 1.29 is 9.66 Å². The van der Waals surface area contributed by atoms with Gasteiger partial charge in [-0.1, -0.05) is 29.3 Å². The van der Waals surface area contributed by atoms with E-state index in [1.165, 1.54) is 12.1 Å². The molecule has 0 aliphatic heterocycles. The van der Waals surface area contributed by atoms with Crippen molar-refractivity contribution in [2.45, 2.75) is 13.2 Å². The molecule has 0 fully saturated rings. The molecule has 3 rings (SSSR count). The van der Waals surface area contributed by atoms with Crippen LogP contribution < -0.4 is 10.2 Å². The molecule has 0 unspecified atom stereocenters. The maximum atomic E-state index is 10.7. The summed E-state index contributed by atoms with van der Waals surface area (Å²) in [5.41, 5.74) is 5.40. The van der Waals surface area contributed by atoms with E-state index in [9.17, 15) is 10.1 Å². The summed E-state index contributed by atoms with van der Waals surface area (Å²) in [4.78, 5) is 10.3. The average Bonchev–Trinajstić information content (AvgIpc) is 2.72. The summed E-state index contributed by atoms with van der Waals surface area (Å²) >= 11 is 19.3. The number of non-ortho nitro benzene ring substituents is 1. The Morgan fingerprint density at radius 2 is 1.68 bits per heavy atom. The number of hydrogen-bond acceptors (Lipinski definition) is 5. The number of nitro groups is 1. The molecule has 160 valence electrons. The summed E-state index contributed by atoms with van der Waals surface area (Å²) in [5, 5.41) is 16.1. The lowest BCUT2D eigenvalue weighted by Crippen LogP contribution is -2.06. The summed E-state index contributed by atoms with van der Waals surface area (Å²) in [6.45, 7) is 0.663. The standard InChI is InChI=1S/C21H15Br2Cl2N3O3/c22-17-8-14(10-26-27-11-16-19(24)2-1-3-20(16)25)9-18(23)21(17)31-12-13-4-6-15(7-5-13)28(29)30/h1-10,27H,11-12H2/b26-10+. The van der Waals surface area contributed by atoms with Crippen LogP contribution in [-0.2, 0) is 13.2 Å². The lowest BCUT2D eigenvalue weighted by molar-refractivity contribution is -0.384. The highest BCUT2D eigenvalue weighted by Gasteiger charge is 2.10. The Kier molecular flexibility index (Phi) is 8.31. The van der Waals surface area contributed by atoms with Crippen LogP contribution in [0.4, 0.5) is 5.69 Å². The zero-order valence-corrected chi connectivity index (χ0v) is 20.5. The second kappa shape index (κ2) is 10.9. The molecule has 0 atom stereocenters. The van der Waals surface area contributed by atoms with E-state index in [2.05, 4.69) is 42.4 Å². The third kappa shape index (κ3) is 6.43. The van der Waals surface area contributed by atoms with Crippen LogP contribution in [0.5, 0.6) is 5.75 Å². The van der Waals surface area contributed by atoms with Crippen molar-refractivity contribution in [3.63, 3.8) is 0 Å². The molecule has 3 aromatic rings. The van der Waals surface area contributed by atoms with Crippen molar-refractivity contribution in [2.75, 3.05) is 0 Å². The summed E-state index contributed by atoms with van der Waals surface area (Å²) in [6.07, 6.45) is 1.67. The fraction of sp³-hybridized carbons (Fsp3) is 0.0952. The van der Waals surface area contributed by atoms with Gasteiger partial charge in [-0.05, 0) is 79.4 Å². The Morgan fingerprint density at radius 1 is 1.06 bits per heavy atom. The topological polar surface area (TPSA) is 76.8 Å². The number of hydrogen-bond donors (Lipinski definition) is 1. The van der Waals surface area contributed by atoms with Crippen LogP contribution in [0, 0.1) is 10.1 Å². The second-order valence-electron chi connectivity index (χ2n) is 6.32. The molecular weight excluding hydrogens is 573 g/mol. The van der Waals surface area contributed by atoms with Crippen LogP contribution in [0.15, 0.2) is 68.6 Å². The first-order chi connectivity index (χ1) is 14.8. The van der Waals surface area contributed by atoms with Gasteiger partial charge in [0, 0.05) is 27.7 Å². The summed E-state index contributed by atoms with van der Waals surface area (Å²) < 4.78 is 7.34. The van der Waals surface area contributed by atoms with Gasteiger partial charge in [-0.25, -0.2) is 0 Å². The van der Waals surface area contributed by atoms with Crippen molar-refractivity contribution in [1.29, 1.82) is 0 Å². The van der Waals surface area contributed by atoms with Crippen molar-refractivity contribution in [1.82, 2.24) is 5.43 Å². The molecule has 0 amide bonds. The van der Waals surface area contributed by atoms with Gasteiger partial charge in [-0.2, -0.15) is 5.10 Å². The summed E-state index contributed by atoms with van der Waals surface area (Å²) in [5.74, 6) is 0.617. The normalized spacial score (nSPS) is 11.0. The molecule has 3 aromatic carbocycles. The highest BCUT2D eigenvalue weighted by molar-refractivity contribution is 9.11. The Labute approximate surface area is 205 Å². The molecule has 0 aliphatic carbocycles. The number of nitrogens with one attached hydrogen (secondary N) is 1. The summed E-state index contributed by atoms with van der Waals surface area (Å²) in [7, 11) is 0. The first-order valence-corrected chi connectivity index (χ1v) is 11.2. The van der Waals surface area contributed by atoms with Gasteiger partial charge in [0.15, 0.2) is 0 Å². The predicted octanol–water partition coefficient (Wildman–Crippen LogP) is 7.13. The fourth-order valence-corrected chi connectivity index (χ4v) is 4.59. The molecule has 1 N–H and O–H groups in total. The van der Waals surface area contributed by atoms with Crippen LogP contribution in [0.3, 0.4) is 0 Å². The van der Waals surface area contributed by atoms with Gasteiger partial charge in [-0.15, -0.1) is 0 Å². The minimum absolute atomic E-state index is 0.0418. The molecule has 0 bridgehead atoms. The number of halogens is 4. The number of nitrogens with zero attached hydrogens (tertiary/aromatic N) is 2. The van der Waals surface area contributed by atoms with E-state index < -0.39 is 4.92 Å². The lowest BCUT2D eigenvalue weighted by Gasteiger charge is -2.11. The Balaban J connectivity index is 1.61. The smallest absolute Gasteiger partial charge is 0.269 e. The maximum absolute atomic E-state index is 10.7. The van der Waals surface area contributed by atoms with Crippen LogP contribution in [0.25, 0.3) is 0 Å². The Hall–Kier alpha value is -2.13. The van der Waals surface area contributed by atoms with Gasteiger partial charge >= 0.3 is 0 Å². The van der Waals surface area contributed by atoms with Gasteiger partial charge in [0.2, 0.25) is 0 Å². The molecule has 0 aromatic heterocycles. The molecule has 0 saturated carbocycles. The maximum Gasteiger partial charge on any atom is 0.269 e. The molecule has 0 saturated heterocycles. The van der Waals surface area contributed by atoms with Crippen LogP contribution in [0.1, 0.15) is 16.7 Å². The SMILES string of the molecule is O=[N+]([O-])c1ccc(COc2c(Br)cc(/C=N/NCc3c(Cl)cccc3Cl)cc2Br)cc1. The molecule has 0 spiro atoms. The number of benzene rings is 3. The van der Waals surface area contributed by atoms with E-state index in [-0.39, 0.29) is 12.3 Å². The van der Waals surface area contributed by atoms with Gasteiger partial charge in [0.1, 0.15) is 12.4 Å². The van der Waals surface area contributed by atoms with Gasteiger partial charge in [0.05, 0.1) is 26.6 Å². The zero-order valence-electron chi connectivity index (χ0n) is 15.8. The van der Waals surface area contributed by atoms with Crippen LogP contribution >= 0.6 is 55.1 Å². The zero-order chi connectivity index (χ0) is 22.4. The average molecular weight is 588 g/mol. The molecule has 10 heteroatoms. The first kappa shape index (κ1) is 23.5. The number of nitro benzene ring substituents is 1. The van der Waals surface area contributed by atoms with Crippen molar-refractivity contribution in [3.8, 4) is 5.75 Å². The Morgan fingerprint density at radius 3 is 2.26 bits per heavy atom. The number of hydrazone groups is 1. The van der Waals surface area contributed by atoms with Crippen LogP contribution in [0.2, 0.25) is 10.0 Å². The molecule has 6 nitrogen and oxygen atoms in total. The van der Waals surface area contributed by atoms with Crippen molar-refractivity contribution in [2.24, 2.45) is 5.10 Å². The van der Waals surface area contributed by atoms with Crippen LogP contribution in [-0.4, -0.2) is 11.1 Å². The molecular formula is C21H15Br2Cl2N3O3. The van der Waals surface area contributed by atoms with E-state index in [4.69, 9.17) is 27.9 Å². The van der Waals surface area contributed by atoms with E-state index in [0.29, 0.717) is 22.3 Å². The van der Waals surface area contributed by atoms with Gasteiger partial charge < -0.3 is 10.2 Å². The fourth-order valence-electron chi connectivity index (χ4n) is 2.61. The second-order valence-corrected chi connectivity index (χ2v) is 8.84. The van der Waals surface area contributed by atoms with E-state index >= 15 is 0 Å². The minimum atomic E-state index is -0.435. The quantitative estimate of drug-likeness (QED) is 0.173. The van der Waals surface area contributed by atoms with E-state index in [1.807, 2.05) is 12.1 Å². The largest absolute Gasteiger partial charge is 0.487 e. The van der Waals surface area contributed by atoms with Crippen molar-refractivity contribution >= 4 is 67.0 Å². The monoisotopic (exact) mass is 585 g/mol. The third-order valence-corrected chi connectivity index (χ3v) is 6.06. The lowest BCUT2D eigenvalue weighted by atomic mass is 10.2. The highest BCUT2D eigenvalue weighted by Crippen LogP contribution is 2.35.